The molecular formula is C20H22ClNO2S. The fourth-order valence-corrected chi connectivity index (χ4v) is 4.52. The monoisotopic (exact) mass is 375 g/mol. The molecule has 132 valence electrons. The maximum Gasteiger partial charge on any atom is 0.307 e. The molecule has 1 fully saturated rings. The van der Waals surface area contributed by atoms with E-state index in [9.17, 15) is 9.90 Å². The smallest absolute Gasteiger partial charge is 0.307 e. The summed E-state index contributed by atoms with van der Waals surface area (Å²) in [5, 5.41) is 12.0. The molecule has 0 radical (unpaired) electrons. The van der Waals surface area contributed by atoms with E-state index in [1.165, 1.54) is 0 Å². The Bertz CT molecular complexity index is 741. The van der Waals surface area contributed by atoms with Gasteiger partial charge in [-0.2, -0.15) is 0 Å². The maximum absolute atomic E-state index is 11.2. The number of carboxylic acids is 1. The maximum atomic E-state index is 11.2. The molecule has 5 heteroatoms. The zero-order valence-corrected chi connectivity index (χ0v) is 15.6. The highest BCUT2D eigenvalue weighted by atomic mass is 35.5. The minimum atomic E-state index is -0.671. The second kappa shape index (κ2) is 8.65. The first-order chi connectivity index (χ1) is 12.1. The third kappa shape index (κ3) is 4.72. The highest BCUT2D eigenvalue weighted by Gasteiger charge is 2.24. The highest BCUT2D eigenvalue weighted by Crippen LogP contribution is 2.34. The lowest BCUT2D eigenvalue weighted by Gasteiger charge is -2.30. The Morgan fingerprint density at radius 1 is 1.32 bits per heavy atom. The number of rotatable bonds is 6. The largest absolute Gasteiger partial charge is 0.481 e. The van der Waals surface area contributed by atoms with Gasteiger partial charge in [-0.15, -0.1) is 11.3 Å². The molecule has 0 saturated carbocycles. The van der Waals surface area contributed by atoms with Gasteiger partial charge in [0.15, 0.2) is 0 Å². The summed E-state index contributed by atoms with van der Waals surface area (Å²) < 4.78 is 0. The van der Waals surface area contributed by atoms with E-state index in [1.807, 2.05) is 29.6 Å². The van der Waals surface area contributed by atoms with Gasteiger partial charge in [-0.05, 0) is 48.4 Å². The number of likely N-dealkylation sites (tertiary alicyclic amines) is 1. The average Bonchev–Trinajstić information content (AvgIpc) is 3.05. The van der Waals surface area contributed by atoms with Gasteiger partial charge in [0.2, 0.25) is 0 Å². The number of carboxylic acid groups (broad SMARTS) is 1. The zero-order chi connectivity index (χ0) is 17.6. The van der Waals surface area contributed by atoms with Crippen LogP contribution in [0.2, 0.25) is 5.02 Å². The number of benzene rings is 1. The summed E-state index contributed by atoms with van der Waals surface area (Å²) in [6.07, 6.45) is 4.87. The highest BCUT2D eigenvalue weighted by molar-refractivity contribution is 7.11. The van der Waals surface area contributed by atoms with Crippen LogP contribution in [0.15, 0.2) is 47.9 Å². The standard InChI is InChI=1S/C20H22ClNO2S/c21-18-10-13-25-19(18)17(15-6-2-1-3-7-15)9-5-12-22-11-4-8-16(14-22)20(23)24/h1-3,6-7,9-10,13,16H,4-5,8,11-12,14H2,(H,23,24). The molecule has 1 N–H and O–H groups in total. The van der Waals surface area contributed by atoms with Crippen molar-refractivity contribution in [1.29, 1.82) is 0 Å². The Balaban J connectivity index is 1.72. The van der Waals surface area contributed by atoms with Crippen LogP contribution in [0.5, 0.6) is 0 Å². The first-order valence-electron chi connectivity index (χ1n) is 8.59. The summed E-state index contributed by atoms with van der Waals surface area (Å²) in [7, 11) is 0. The quantitative estimate of drug-likeness (QED) is 0.770. The first kappa shape index (κ1) is 18.2. The molecule has 1 atom stereocenters. The molecule has 0 amide bonds. The minimum absolute atomic E-state index is 0.224. The summed E-state index contributed by atoms with van der Waals surface area (Å²) in [5.41, 5.74) is 2.32. The number of hydrogen-bond acceptors (Lipinski definition) is 3. The topological polar surface area (TPSA) is 40.5 Å². The van der Waals surface area contributed by atoms with E-state index in [-0.39, 0.29) is 5.92 Å². The molecule has 0 bridgehead atoms. The van der Waals surface area contributed by atoms with Gasteiger partial charge in [0.25, 0.3) is 0 Å². The molecule has 1 aromatic heterocycles. The van der Waals surface area contributed by atoms with Gasteiger partial charge in [0.1, 0.15) is 0 Å². The Labute approximate surface area is 157 Å². The zero-order valence-electron chi connectivity index (χ0n) is 14.0. The van der Waals surface area contributed by atoms with Crippen molar-refractivity contribution in [3.05, 3.63) is 63.3 Å². The van der Waals surface area contributed by atoms with Crippen molar-refractivity contribution in [3.63, 3.8) is 0 Å². The summed E-state index contributed by atoms with van der Waals surface area (Å²) in [6.45, 7) is 2.52. The summed E-state index contributed by atoms with van der Waals surface area (Å²) >= 11 is 8.01. The molecule has 3 rings (SSSR count). The lowest BCUT2D eigenvalue weighted by molar-refractivity contribution is -0.143. The normalized spacial score (nSPS) is 19.1. The van der Waals surface area contributed by atoms with Crippen LogP contribution in [0, 0.1) is 5.92 Å². The lowest BCUT2D eigenvalue weighted by Crippen LogP contribution is -2.39. The molecule has 1 saturated heterocycles. The molecule has 1 aliphatic heterocycles. The number of carbonyl (C=O) groups is 1. The molecule has 25 heavy (non-hydrogen) atoms. The van der Waals surface area contributed by atoms with E-state index in [1.54, 1.807) is 11.3 Å². The molecule has 0 spiro atoms. The van der Waals surface area contributed by atoms with Gasteiger partial charge < -0.3 is 10.0 Å². The SMILES string of the molecule is O=C(O)C1CCCN(CCC=C(c2ccccc2)c2sccc2Cl)C1. The van der Waals surface area contributed by atoms with E-state index in [4.69, 9.17) is 11.6 Å². The van der Waals surface area contributed by atoms with E-state index in [2.05, 4.69) is 23.1 Å². The van der Waals surface area contributed by atoms with Crippen molar-refractivity contribution in [2.75, 3.05) is 19.6 Å². The number of nitrogens with zero attached hydrogens (tertiary/aromatic N) is 1. The van der Waals surface area contributed by atoms with Crippen molar-refractivity contribution in [3.8, 4) is 0 Å². The third-order valence-electron chi connectivity index (χ3n) is 4.60. The van der Waals surface area contributed by atoms with Gasteiger partial charge >= 0.3 is 5.97 Å². The van der Waals surface area contributed by atoms with Gasteiger partial charge in [-0.3, -0.25) is 4.79 Å². The van der Waals surface area contributed by atoms with E-state index >= 15 is 0 Å². The predicted molar refractivity (Wildman–Crippen MR) is 104 cm³/mol. The summed E-state index contributed by atoms with van der Waals surface area (Å²) in [6, 6.07) is 12.2. The Morgan fingerprint density at radius 2 is 2.12 bits per heavy atom. The second-order valence-electron chi connectivity index (χ2n) is 6.35. The average molecular weight is 376 g/mol. The summed E-state index contributed by atoms with van der Waals surface area (Å²) in [4.78, 5) is 14.6. The Morgan fingerprint density at radius 3 is 2.80 bits per heavy atom. The fraction of sp³-hybridized carbons (Fsp3) is 0.350. The number of thiophene rings is 1. The van der Waals surface area contributed by atoms with Crippen LogP contribution in [0.4, 0.5) is 0 Å². The van der Waals surface area contributed by atoms with Crippen LogP contribution in [-0.4, -0.2) is 35.6 Å². The molecule has 1 aliphatic rings. The minimum Gasteiger partial charge on any atom is -0.481 e. The summed E-state index contributed by atoms with van der Waals surface area (Å²) in [5.74, 6) is -0.895. The number of halogens is 1. The van der Waals surface area contributed by atoms with Crippen LogP contribution in [0.1, 0.15) is 29.7 Å². The van der Waals surface area contributed by atoms with Crippen LogP contribution < -0.4 is 0 Å². The third-order valence-corrected chi connectivity index (χ3v) is 5.97. The van der Waals surface area contributed by atoms with E-state index in [0.29, 0.717) is 6.54 Å². The first-order valence-corrected chi connectivity index (χ1v) is 9.85. The molecule has 3 nitrogen and oxygen atoms in total. The van der Waals surface area contributed by atoms with Crippen LogP contribution in [-0.2, 0) is 4.79 Å². The fourth-order valence-electron chi connectivity index (χ4n) is 3.30. The second-order valence-corrected chi connectivity index (χ2v) is 7.67. The van der Waals surface area contributed by atoms with Gasteiger partial charge in [-0.1, -0.05) is 48.0 Å². The van der Waals surface area contributed by atoms with Gasteiger partial charge in [-0.25, -0.2) is 0 Å². The lowest BCUT2D eigenvalue weighted by atomic mass is 9.98. The van der Waals surface area contributed by atoms with Crippen LogP contribution in [0.25, 0.3) is 5.57 Å². The molecule has 0 aliphatic carbocycles. The van der Waals surface area contributed by atoms with Crippen molar-refractivity contribution in [2.24, 2.45) is 5.92 Å². The van der Waals surface area contributed by atoms with Crippen molar-refractivity contribution in [2.45, 2.75) is 19.3 Å². The number of piperidine rings is 1. The van der Waals surface area contributed by atoms with Crippen LogP contribution in [0.3, 0.4) is 0 Å². The van der Waals surface area contributed by atoms with Gasteiger partial charge in [0.05, 0.1) is 15.8 Å². The number of hydrogen-bond donors (Lipinski definition) is 1. The molecule has 2 aromatic rings. The molecule has 1 aromatic carbocycles. The Hall–Kier alpha value is -1.62. The Kier molecular flexibility index (Phi) is 6.29. The van der Waals surface area contributed by atoms with Crippen LogP contribution >= 0.6 is 22.9 Å². The van der Waals surface area contributed by atoms with Crippen molar-refractivity contribution < 1.29 is 9.90 Å². The molecular weight excluding hydrogens is 354 g/mol. The van der Waals surface area contributed by atoms with Crippen molar-refractivity contribution >= 4 is 34.5 Å². The predicted octanol–water partition coefficient (Wildman–Crippen LogP) is 5.02. The van der Waals surface area contributed by atoms with E-state index in [0.717, 1.165) is 53.4 Å². The molecule has 1 unspecified atom stereocenters. The van der Waals surface area contributed by atoms with E-state index < -0.39 is 5.97 Å². The number of aliphatic carboxylic acids is 1. The van der Waals surface area contributed by atoms with Crippen molar-refractivity contribution in [1.82, 2.24) is 4.90 Å². The molecule has 2 heterocycles. The van der Waals surface area contributed by atoms with Gasteiger partial charge in [0, 0.05) is 13.1 Å².